The second kappa shape index (κ2) is 4.85. The number of aromatic hydroxyl groups is 1. The molecule has 1 N–H and O–H groups in total. The predicted octanol–water partition coefficient (Wildman–Crippen LogP) is 2.07. The van der Waals surface area contributed by atoms with Gasteiger partial charge in [-0.3, -0.25) is 4.98 Å². The summed E-state index contributed by atoms with van der Waals surface area (Å²) in [6, 6.07) is 12.8. The summed E-state index contributed by atoms with van der Waals surface area (Å²) in [6.45, 7) is 0. The second-order valence-corrected chi connectivity index (χ2v) is 2.73. The van der Waals surface area contributed by atoms with Crippen molar-refractivity contribution in [1.82, 2.24) is 4.98 Å². The number of hydrogen-bond acceptors (Lipinski definition) is 2. The van der Waals surface area contributed by atoms with Crippen LogP contribution in [-0.2, 0) is 0 Å². The molecule has 2 nitrogen and oxygen atoms in total. The van der Waals surface area contributed by atoms with Crippen LogP contribution in [0.25, 0.3) is 11.3 Å². The molecule has 0 amide bonds. The number of rotatable bonds is 1. The molecule has 0 aliphatic heterocycles. The smallest absolute Gasteiger partial charge is 0.124 e. The fraction of sp³-hybridized carbons (Fsp3) is 0. The minimum Gasteiger partial charge on any atom is -0.507 e. The number of pyridine rings is 1. The summed E-state index contributed by atoms with van der Waals surface area (Å²) in [5, 5.41) is 9.52. The molecule has 0 aliphatic rings. The van der Waals surface area contributed by atoms with Crippen LogP contribution in [0.15, 0.2) is 48.7 Å². The molecule has 3 heteroatoms. The van der Waals surface area contributed by atoms with Crippen molar-refractivity contribution < 1.29 is 5.11 Å². The Morgan fingerprint density at radius 1 is 0.929 bits per heavy atom. The van der Waals surface area contributed by atoms with Crippen LogP contribution in [0.5, 0.6) is 5.75 Å². The summed E-state index contributed by atoms with van der Waals surface area (Å²) >= 11 is 0. The first-order chi connectivity index (χ1) is 6.38. The van der Waals surface area contributed by atoms with Gasteiger partial charge in [-0.1, -0.05) is 18.2 Å². The van der Waals surface area contributed by atoms with Crippen molar-refractivity contribution in [1.29, 1.82) is 0 Å². The largest absolute Gasteiger partial charge is 0.507 e. The molecule has 0 saturated carbocycles. The normalized spacial score (nSPS) is 9.14. The maximum atomic E-state index is 9.52. The molecule has 0 saturated heterocycles. The number of hydrogen-bond donors (Lipinski definition) is 1. The molecule has 0 aliphatic carbocycles. The van der Waals surface area contributed by atoms with Gasteiger partial charge in [0.1, 0.15) is 5.75 Å². The molecular weight excluding hydrogens is 169 g/mol. The topological polar surface area (TPSA) is 33.1 Å². The number of aromatic nitrogens is 1. The fourth-order valence-corrected chi connectivity index (χ4v) is 1.21. The van der Waals surface area contributed by atoms with E-state index in [4.69, 9.17) is 0 Å². The molecule has 1 aromatic heterocycles. The Morgan fingerprint density at radius 3 is 2.29 bits per heavy atom. The zero-order chi connectivity index (χ0) is 9.10. The van der Waals surface area contributed by atoms with E-state index in [2.05, 4.69) is 4.98 Å². The van der Waals surface area contributed by atoms with Crippen molar-refractivity contribution in [3.8, 4) is 17.0 Å². The minimum atomic E-state index is 0. The first-order valence-corrected chi connectivity index (χ1v) is 4.07. The first-order valence-electron chi connectivity index (χ1n) is 4.07. The van der Waals surface area contributed by atoms with Crippen molar-refractivity contribution in [3.05, 3.63) is 48.7 Å². The monoisotopic (exact) mass is 178 g/mol. The SMILES string of the molecule is Oc1ccccc1-c1ccccn1.[Li]. The quantitative estimate of drug-likeness (QED) is 0.678. The molecule has 0 fully saturated rings. The molecular formula is C11H9LiNO. The molecule has 1 heterocycles. The number of phenolic OH excluding ortho intramolecular Hbond substituents is 1. The Kier molecular flexibility index (Phi) is 3.76. The Labute approximate surface area is 94.8 Å². The van der Waals surface area contributed by atoms with Gasteiger partial charge in [-0.25, -0.2) is 0 Å². The van der Waals surface area contributed by atoms with E-state index in [0.717, 1.165) is 11.3 Å². The summed E-state index contributed by atoms with van der Waals surface area (Å²) in [4.78, 5) is 4.15. The average Bonchev–Trinajstić information content (AvgIpc) is 2.20. The summed E-state index contributed by atoms with van der Waals surface area (Å²) in [5.74, 6) is 0.265. The average molecular weight is 178 g/mol. The molecule has 14 heavy (non-hydrogen) atoms. The molecule has 0 spiro atoms. The van der Waals surface area contributed by atoms with Crippen LogP contribution in [-0.4, -0.2) is 29.0 Å². The van der Waals surface area contributed by atoms with E-state index in [1.54, 1.807) is 18.3 Å². The molecule has 0 unspecified atom stereocenters. The van der Waals surface area contributed by atoms with Crippen molar-refractivity contribution in [2.75, 3.05) is 0 Å². The summed E-state index contributed by atoms with van der Waals surface area (Å²) < 4.78 is 0. The van der Waals surface area contributed by atoms with Crippen LogP contribution in [0.3, 0.4) is 0 Å². The third-order valence-electron chi connectivity index (χ3n) is 1.84. The number of phenols is 1. The van der Waals surface area contributed by atoms with Crippen molar-refractivity contribution in [2.45, 2.75) is 0 Å². The second-order valence-electron chi connectivity index (χ2n) is 2.73. The van der Waals surface area contributed by atoms with Gasteiger partial charge in [0, 0.05) is 30.6 Å². The van der Waals surface area contributed by atoms with Gasteiger partial charge in [0.05, 0.1) is 5.69 Å². The molecule has 1 radical (unpaired) electrons. The molecule has 1 aromatic carbocycles. The van der Waals surface area contributed by atoms with Gasteiger partial charge < -0.3 is 5.11 Å². The Bertz CT molecular complexity index is 403. The van der Waals surface area contributed by atoms with Crippen LogP contribution >= 0.6 is 0 Å². The van der Waals surface area contributed by atoms with Gasteiger partial charge >= 0.3 is 0 Å². The Balaban J connectivity index is 0.000000980. The van der Waals surface area contributed by atoms with E-state index >= 15 is 0 Å². The van der Waals surface area contributed by atoms with Gasteiger partial charge in [0.25, 0.3) is 0 Å². The minimum absolute atomic E-state index is 0. The van der Waals surface area contributed by atoms with Crippen LogP contribution < -0.4 is 0 Å². The van der Waals surface area contributed by atoms with Gasteiger partial charge in [0.15, 0.2) is 0 Å². The van der Waals surface area contributed by atoms with Crippen molar-refractivity contribution in [2.24, 2.45) is 0 Å². The molecule has 65 valence electrons. The maximum absolute atomic E-state index is 9.52. The van der Waals surface area contributed by atoms with E-state index in [1.165, 1.54) is 0 Å². The van der Waals surface area contributed by atoms with Crippen LogP contribution in [0.1, 0.15) is 0 Å². The molecule has 0 bridgehead atoms. The van der Waals surface area contributed by atoms with Crippen molar-refractivity contribution >= 4 is 18.9 Å². The number of nitrogens with zero attached hydrogens (tertiary/aromatic N) is 1. The van der Waals surface area contributed by atoms with Crippen molar-refractivity contribution in [3.63, 3.8) is 0 Å². The van der Waals surface area contributed by atoms with E-state index < -0.39 is 0 Å². The molecule has 0 atom stereocenters. The number of para-hydroxylation sites is 1. The number of benzene rings is 1. The van der Waals surface area contributed by atoms with Crippen LogP contribution in [0.2, 0.25) is 0 Å². The van der Waals surface area contributed by atoms with Gasteiger partial charge in [-0.2, -0.15) is 0 Å². The zero-order valence-electron chi connectivity index (χ0n) is 8.01. The third kappa shape index (κ3) is 2.17. The van der Waals surface area contributed by atoms with E-state index in [9.17, 15) is 5.11 Å². The summed E-state index contributed by atoms with van der Waals surface area (Å²) in [7, 11) is 0. The maximum Gasteiger partial charge on any atom is 0.124 e. The Hall–Kier alpha value is -1.23. The molecule has 2 aromatic rings. The van der Waals surface area contributed by atoms with Gasteiger partial charge in [0.2, 0.25) is 0 Å². The van der Waals surface area contributed by atoms with Gasteiger partial charge in [-0.15, -0.1) is 0 Å². The van der Waals surface area contributed by atoms with Crippen LogP contribution in [0, 0.1) is 0 Å². The first kappa shape index (κ1) is 10.8. The standard InChI is InChI=1S/C11H9NO.Li/c13-11-7-2-1-5-9(11)10-6-3-4-8-12-10;/h1-8,13H;. The van der Waals surface area contributed by atoms with E-state index in [1.807, 2.05) is 30.3 Å². The fourth-order valence-electron chi connectivity index (χ4n) is 1.21. The van der Waals surface area contributed by atoms with E-state index in [0.29, 0.717) is 0 Å². The summed E-state index contributed by atoms with van der Waals surface area (Å²) in [5.41, 5.74) is 1.56. The van der Waals surface area contributed by atoms with Gasteiger partial charge in [-0.05, 0) is 24.3 Å². The van der Waals surface area contributed by atoms with E-state index in [-0.39, 0.29) is 24.6 Å². The predicted molar refractivity (Wildman–Crippen MR) is 57.1 cm³/mol. The third-order valence-corrected chi connectivity index (χ3v) is 1.84. The summed E-state index contributed by atoms with van der Waals surface area (Å²) in [6.07, 6.45) is 1.71. The zero-order valence-corrected chi connectivity index (χ0v) is 8.01. The molecule has 2 rings (SSSR count). The van der Waals surface area contributed by atoms with Crippen LogP contribution in [0.4, 0.5) is 0 Å². The Morgan fingerprint density at radius 2 is 1.64 bits per heavy atom.